The maximum absolute atomic E-state index is 10.9. The number of hydrogen-bond acceptors (Lipinski definition) is 8. The molecule has 0 aliphatic carbocycles. The number of piperidine rings is 1. The zero-order valence-corrected chi connectivity index (χ0v) is 18.2. The van der Waals surface area contributed by atoms with Crippen LogP contribution >= 0.6 is 0 Å². The third-order valence-electron chi connectivity index (χ3n) is 5.67. The van der Waals surface area contributed by atoms with E-state index >= 15 is 0 Å². The lowest BCUT2D eigenvalue weighted by atomic mass is 10.0. The highest BCUT2D eigenvalue weighted by Gasteiger charge is 2.20. The second-order valence-corrected chi connectivity index (χ2v) is 7.91. The van der Waals surface area contributed by atoms with E-state index in [1.807, 2.05) is 25.1 Å². The van der Waals surface area contributed by atoms with Gasteiger partial charge in [-0.05, 0) is 49.6 Å². The molecular formula is C24H24N6O3. The van der Waals surface area contributed by atoms with Crippen molar-refractivity contribution in [3.8, 4) is 17.5 Å². The van der Waals surface area contributed by atoms with Gasteiger partial charge in [-0.1, -0.05) is 6.92 Å². The Hall–Kier alpha value is -4.03. The number of hydrogen-bond donors (Lipinski definition) is 2. The van der Waals surface area contributed by atoms with E-state index in [2.05, 4.69) is 26.3 Å². The number of nitrogens with zero attached hydrogens (tertiary/aromatic N) is 5. The van der Waals surface area contributed by atoms with Crippen molar-refractivity contribution in [2.24, 2.45) is 0 Å². The number of rotatable bonds is 6. The van der Waals surface area contributed by atoms with Gasteiger partial charge in [0.2, 0.25) is 0 Å². The van der Waals surface area contributed by atoms with Gasteiger partial charge in [-0.2, -0.15) is 5.26 Å². The highest BCUT2D eigenvalue weighted by molar-refractivity contribution is 5.69. The predicted octanol–water partition coefficient (Wildman–Crippen LogP) is 4.19. The summed E-state index contributed by atoms with van der Waals surface area (Å²) in [6, 6.07) is 15.9. The van der Waals surface area contributed by atoms with E-state index in [-0.39, 0.29) is 11.8 Å². The summed E-state index contributed by atoms with van der Waals surface area (Å²) in [6.07, 6.45) is 1.80. The molecule has 9 heteroatoms. The largest absolute Gasteiger partial charge is 0.393 e. The van der Waals surface area contributed by atoms with Gasteiger partial charge >= 0.3 is 0 Å². The van der Waals surface area contributed by atoms with Crippen molar-refractivity contribution in [3.63, 3.8) is 0 Å². The van der Waals surface area contributed by atoms with Crippen LogP contribution in [0.25, 0.3) is 11.4 Å². The first-order valence-corrected chi connectivity index (χ1v) is 10.8. The number of aliphatic hydroxyl groups is 1. The summed E-state index contributed by atoms with van der Waals surface area (Å²) in [5.74, 6) is 1.05. The van der Waals surface area contributed by atoms with Crippen LogP contribution in [0.15, 0.2) is 48.5 Å². The van der Waals surface area contributed by atoms with Gasteiger partial charge in [-0.3, -0.25) is 10.1 Å². The van der Waals surface area contributed by atoms with Gasteiger partial charge in [0.25, 0.3) is 5.69 Å². The summed E-state index contributed by atoms with van der Waals surface area (Å²) in [5, 5.41) is 33.6. The van der Waals surface area contributed by atoms with Crippen LogP contribution < -0.4 is 10.2 Å². The van der Waals surface area contributed by atoms with Crippen LogP contribution in [0.5, 0.6) is 0 Å². The average molecular weight is 444 g/mol. The predicted molar refractivity (Wildman–Crippen MR) is 125 cm³/mol. The molecule has 2 aromatic carbocycles. The maximum Gasteiger partial charge on any atom is 0.269 e. The SMILES string of the molecule is CCc1cc(Nc2ccc(N3CCC(O)CC3)c(C#N)c2)nc(-c2ccc([N+](=O)[O-])cc2)n1. The first kappa shape index (κ1) is 22.2. The van der Waals surface area contributed by atoms with Crippen molar-refractivity contribution in [3.05, 3.63) is 69.9 Å². The van der Waals surface area contributed by atoms with Gasteiger partial charge in [-0.15, -0.1) is 0 Å². The summed E-state index contributed by atoms with van der Waals surface area (Å²) in [6.45, 7) is 3.42. The molecule has 0 amide bonds. The second-order valence-electron chi connectivity index (χ2n) is 7.91. The third kappa shape index (κ3) is 5.07. The van der Waals surface area contributed by atoms with Crippen molar-refractivity contribution < 1.29 is 10.0 Å². The molecule has 0 unspecified atom stereocenters. The molecule has 0 atom stereocenters. The average Bonchev–Trinajstić information content (AvgIpc) is 2.84. The summed E-state index contributed by atoms with van der Waals surface area (Å²) in [4.78, 5) is 21.7. The molecule has 1 aliphatic heterocycles. The minimum atomic E-state index is -0.442. The summed E-state index contributed by atoms with van der Waals surface area (Å²) in [7, 11) is 0. The maximum atomic E-state index is 10.9. The lowest BCUT2D eigenvalue weighted by Gasteiger charge is -2.32. The van der Waals surface area contributed by atoms with E-state index in [9.17, 15) is 20.5 Å². The molecule has 1 saturated heterocycles. The molecule has 0 radical (unpaired) electrons. The van der Waals surface area contributed by atoms with Crippen LogP contribution in [0.1, 0.15) is 31.0 Å². The highest BCUT2D eigenvalue weighted by atomic mass is 16.6. The lowest BCUT2D eigenvalue weighted by Crippen LogP contribution is -2.36. The van der Waals surface area contributed by atoms with Crippen LogP contribution in [0, 0.1) is 21.4 Å². The van der Waals surface area contributed by atoms with Crippen molar-refractivity contribution in [1.29, 1.82) is 5.26 Å². The van der Waals surface area contributed by atoms with Crippen LogP contribution in [0.3, 0.4) is 0 Å². The molecule has 2 heterocycles. The van der Waals surface area contributed by atoms with Gasteiger partial charge in [0.1, 0.15) is 11.9 Å². The smallest absolute Gasteiger partial charge is 0.269 e. The molecule has 0 saturated carbocycles. The molecule has 168 valence electrons. The van der Waals surface area contributed by atoms with Gasteiger partial charge in [0, 0.05) is 48.2 Å². The molecular weight excluding hydrogens is 420 g/mol. The number of benzene rings is 2. The Balaban J connectivity index is 1.60. The van der Waals surface area contributed by atoms with E-state index in [1.165, 1.54) is 12.1 Å². The quantitative estimate of drug-likeness (QED) is 0.428. The molecule has 4 rings (SSSR count). The van der Waals surface area contributed by atoms with E-state index in [4.69, 9.17) is 0 Å². The molecule has 2 N–H and O–H groups in total. The first-order valence-electron chi connectivity index (χ1n) is 10.8. The Morgan fingerprint density at radius 2 is 1.91 bits per heavy atom. The van der Waals surface area contributed by atoms with Crippen molar-refractivity contribution in [1.82, 2.24) is 9.97 Å². The Kier molecular flexibility index (Phi) is 6.47. The lowest BCUT2D eigenvalue weighted by molar-refractivity contribution is -0.384. The Morgan fingerprint density at radius 3 is 2.55 bits per heavy atom. The van der Waals surface area contributed by atoms with E-state index in [0.29, 0.717) is 55.1 Å². The number of nitriles is 1. The Morgan fingerprint density at radius 1 is 1.18 bits per heavy atom. The number of non-ortho nitro benzene ring substituents is 1. The Labute approximate surface area is 191 Å². The fourth-order valence-electron chi connectivity index (χ4n) is 3.84. The molecule has 1 fully saturated rings. The van der Waals surface area contributed by atoms with Crippen molar-refractivity contribution in [2.75, 3.05) is 23.3 Å². The number of aromatic nitrogens is 2. The number of nitrogens with one attached hydrogen (secondary N) is 1. The molecule has 0 bridgehead atoms. The topological polar surface area (TPSA) is 128 Å². The molecule has 0 spiro atoms. The Bertz CT molecular complexity index is 1200. The summed E-state index contributed by atoms with van der Waals surface area (Å²) in [5.41, 5.74) is 3.65. The number of nitro benzene ring substituents is 1. The summed E-state index contributed by atoms with van der Waals surface area (Å²) >= 11 is 0. The van der Waals surface area contributed by atoms with Crippen LogP contribution in [-0.2, 0) is 6.42 Å². The van der Waals surface area contributed by atoms with Crippen molar-refractivity contribution in [2.45, 2.75) is 32.3 Å². The highest BCUT2D eigenvalue weighted by Crippen LogP contribution is 2.29. The molecule has 1 aromatic heterocycles. The zero-order chi connectivity index (χ0) is 23.4. The fraction of sp³-hybridized carbons (Fsp3) is 0.292. The van der Waals surface area contributed by atoms with Gasteiger partial charge in [0.05, 0.1) is 22.3 Å². The number of anilines is 3. The third-order valence-corrected chi connectivity index (χ3v) is 5.67. The number of aliphatic hydroxyl groups excluding tert-OH is 1. The monoisotopic (exact) mass is 444 g/mol. The van der Waals surface area contributed by atoms with Crippen LogP contribution in [-0.4, -0.2) is 39.2 Å². The number of nitro groups is 1. The van der Waals surface area contributed by atoms with E-state index < -0.39 is 4.92 Å². The standard InChI is InChI=1S/C24H24N6O3/c1-2-18-14-23(28-24(27-18)16-3-6-20(7-4-16)30(32)33)26-19-5-8-22(17(13-19)15-25)29-11-9-21(31)10-12-29/h3-8,13-14,21,31H,2,9-12H2,1H3,(H,26,27,28). The molecule has 1 aliphatic rings. The number of aryl methyl sites for hydroxylation is 1. The van der Waals surface area contributed by atoms with Crippen LogP contribution in [0.4, 0.5) is 22.9 Å². The molecule has 33 heavy (non-hydrogen) atoms. The second kappa shape index (κ2) is 9.63. The van der Waals surface area contributed by atoms with Gasteiger partial charge < -0.3 is 15.3 Å². The van der Waals surface area contributed by atoms with E-state index in [1.54, 1.807) is 18.2 Å². The summed E-state index contributed by atoms with van der Waals surface area (Å²) < 4.78 is 0. The molecule has 3 aromatic rings. The minimum absolute atomic E-state index is 0.0103. The van der Waals surface area contributed by atoms with Gasteiger partial charge in [-0.25, -0.2) is 9.97 Å². The van der Waals surface area contributed by atoms with Crippen molar-refractivity contribution >= 4 is 22.9 Å². The molecule has 9 nitrogen and oxygen atoms in total. The fourth-order valence-corrected chi connectivity index (χ4v) is 3.84. The normalized spacial score (nSPS) is 14.0. The minimum Gasteiger partial charge on any atom is -0.393 e. The zero-order valence-electron chi connectivity index (χ0n) is 18.2. The van der Waals surface area contributed by atoms with E-state index in [0.717, 1.165) is 17.1 Å². The van der Waals surface area contributed by atoms with Crippen LogP contribution in [0.2, 0.25) is 0 Å². The van der Waals surface area contributed by atoms with Gasteiger partial charge in [0.15, 0.2) is 5.82 Å². The first-order chi connectivity index (χ1) is 16.0.